The van der Waals surface area contributed by atoms with Gasteiger partial charge in [0.25, 0.3) is 5.91 Å². The maximum Gasteiger partial charge on any atom is 0.490 e. The summed E-state index contributed by atoms with van der Waals surface area (Å²) in [7, 11) is 3.80. The van der Waals surface area contributed by atoms with E-state index in [1.54, 1.807) is 40.0 Å². The highest BCUT2D eigenvalue weighted by molar-refractivity contribution is 6.30. The van der Waals surface area contributed by atoms with Crippen molar-refractivity contribution in [1.82, 2.24) is 19.6 Å². The highest BCUT2D eigenvalue weighted by atomic mass is 35.5. The number of carboxylic acids is 1. The SMILES string of the molecule is CN1CC(=O)N(c2cnn(C)c2)CC12CCN(C(=O)c1ccc(Cl)cc1)C2.O=C(O)C(F)(F)F. The van der Waals surface area contributed by atoms with Gasteiger partial charge in [-0.3, -0.25) is 19.2 Å². The van der Waals surface area contributed by atoms with Gasteiger partial charge in [0, 0.05) is 43.5 Å². The molecule has 2 saturated heterocycles. The molecule has 2 fully saturated rings. The number of carbonyl (C=O) groups excluding carboxylic acids is 2. The molecule has 3 heterocycles. The first-order chi connectivity index (χ1) is 15.8. The molecule has 0 saturated carbocycles. The number of aromatic nitrogens is 2. The highest BCUT2D eigenvalue weighted by Gasteiger charge is 2.49. The van der Waals surface area contributed by atoms with E-state index < -0.39 is 12.1 Å². The van der Waals surface area contributed by atoms with Crippen LogP contribution in [0.15, 0.2) is 36.7 Å². The third kappa shape index (κ3) is 5.50. The van der Waals surface area contributed by atoms with Gasteiger partial charge in [-0.1, -0.05) is 11.6 Å². The summed E-state index contributed by atoms with van der Waals surface area (Å²) in [5, 5.41) is 11.9. The maximum atomic E-state index is 12.9. The Kier molecular flexibility index (Phi) is 7.22. The molecule has 9 nitrogen and oxygen atoms in total. The van der Waals surface area contributed by atoms with Crippen LogP contribution in [0.3, 0.4) is 0 Å². The Balaban J connectivity index is 0.000000406. The molecular formula is C21H23ClF3N5O4. The monoisotopic (exact) mass is 501 g/mol. The van der Waals surface area contributed by atoms with Gasteiger partial charge in [0.15, 0.2) is 0 Å². The van der Waals surface area contributed by atoms with Crippen molar-refractivity contribution in [1.29, 1.82) is 0 Å². The Labute approximate surface area is 198 Å². The summed E-state index contributed by atoms with van der Waals surface area (Å²) in [6.45, 7) is 2.15. The van der Waals surface area contributed by atoms with Crippen LogP contribution >= 0.6 is 11.6 Å². The number of rotatable bonds is 2. The quantitative estimate of drug-likeness (QED) is 0.678. The number of hydrogen-bond acceptors (Lipinski definition) is 5. The van der Waals surface area contributed by atoms with E-state index in [0.29, 0.717) is 36.8 Å². The third-order valence-corrected chi connectivity index (χ3v) is 6.14. The summed E-state index contributed by atoms with van der Waals surface area (Å²) in [5.41, 5.74) is 1.19. The van der Waals surface area contributed by atoms with Crippen molar-refractivity contribution in [2.24, 2.45) is 7.05 Å². The summed E-state index contributed by atoms with van der Waals surface area (Å²) < 4.78 is 33.4. The first-order valence-electron chi connectivity index (χ1n) is 10.2. The number of likely N-dealkylation sites (N-methyl/N-ethyl adjacent to an activating group) is 1. The van der Waals surface area contributed by atoms with E-state index >= 15 is 0 Å². The van der Waals surface area contributed by atoms with Crippen LogP contribution in [0.5, 0.6) is 0 Å². The summed E-state index contributed by atoms with van der Waals surface area (Å²) >= 11 is 5.93. The van der Waals surface area contributed by atoms with E-state index in [2.05, 4.69) is 10.00 Å². The number of piperazine rings is 1. The number of halogens is 4. The fourth-order valence-electron chi connectivity index (χ4n) is 3.99. The van der Waals surface area contributed by atoms with Crippen molar-refractivity contribution in [3.05, 3.63) is 47.2 Å². The molecule has 1 aromatic heterocycles. The Bertz CT molecular complexity index is 1080. The zero-order chi connectivity index (χ0) is 25.3. The number of amides is 2. The van der Waals surface area contributed by atoms with Crippen LogP contribution in [0, 0.1) is 0 Å². The van der Waals surface area contributed by atoms with Gasteiger partial charge in [-0.25, -0.2) is 4.79 Å². The van der Waals surface area contributed by atoms with Crippen LogP contribution < -0.4 is 4.90 Å². The van der Waals surface area contributed by atoms with Crippen LogP contribution in [0.4, 0.5) is 18.9 Å². The number of benzene rings is 1. The normalized spacial score (nSPS) is 20.9. The number of aliphatic carboxylic acids is 1. The minimum atomic E-state index is -5.08. The predicted octanol–water partition coefficient (Wildman–Crippen LogP) is 2.27. The van der Waals surface area contributed by atoms with Gasteiger partial charge >= 0.3 is 12.1 Å². The van der Waals surface area contributed by atoms with Gasteiger partial charge in [-0.2, -0.15) is 18.3 Å². The zero-order valence-corrected chi connectivity index (χ0v) is 19.2. The second kappa shape index (κ2) is 9.63. The molecule has 0 aliphatic carbocycles. The Hall–Kier alpha value is -3.12. The lowest BCUT2D eigenvalue weighted by atomic mass is 9.93. The average molecular weight is 502 g/mol. The summed E-state index contributed by atoms with van der Waals surface area (Å²) in [6.07, 6.45) is -0.697. The molecule has 0 radical (unpaired) electrons. The van der Waals surface area contributed by atoms with Crippen molar-refractivity contribution in [3.63, 3.8) is 0 Å². The number of carboxylic acid groups (broad SMARTS) is 1. The molecule has 2 amide bonds. The Morgan fingerprint density at radius 1 is 1.15 bits per heavy atom. The summed E-state index contributed by atoms with van der Waals surface area (Å²) in [5.74, 6) is -2.70. The lowest BCUT2D eigenvalue weighted by Gasteiger charge is -2.46. The average Bonchev–Trinajstić information content (AvgIpc) is 3.38. The number of alkyl halides is 3. The van der Waals surface area contributed by atoms with Crippen molar-refractivity contribution < 1.29 is 32.7 Å². The lowest BCUT2D eigenvalue weighted by Crippen LogP contribution is -2.64. The van der Waals surface area contributed by atoms with Crippen molar-refractivity contribution in [2.75, 3.05) is 38.1 Å². The minimum Gasteiger partial charge on any atom is -0.475 e. The number of anilines is 1. The van der Waals surface area contributed by atoms with Crippen molar-refractivity contribution >= 4 is 35.1 Å². The number of carbonyl (C=O) groups is 3. The first kappa shape index (κ1) is 25.5. The van der Waals surface area contributed by atoms with Crippen LogP contribution in [0.2, 0.25) is 5.02 Å². The molecule has 0 bridgehead atoms. The smallest absolute Gasteiger partial charge is 0.475 e. The van der Waals surface area contributed by atoms with Gasteiger partial charge in [-0.05, 0) is 37.7 Å². The van der Waals surface area contributed by atoms with Gasteiger partial charge in [0.2, 0.25) is 5.91 Å². The topological polar surface area (TPSA) is 99.0 Å². The van der Waals surface area contributed by atoms with E-state index in [0.717, 1.165) is 12.1 Å². The van der Waals surface area contributed by atoms with Crippen LogP contribution in [-0.2, 0) is 16.6 Å². The van der Waals surface area contributed by atoms with Gasteiger partial charge in [0.05, 0.1) is 24.0 Å². The van der Waals surface area contributed by atoms with Crippen molar-refractivity contribution in [3.8, 4) is 0 Å². The number of aryl methyl sites for hydroxylation is 1. The van der Waals surface area contributed by atoms with E-state index in [9.17, 15) is 22.8 Å². The third-order valence-electron chi connectivity index (χ3n) is 5.89. The number of likely N-dealkylation sites (tertiary alicyclic amines) is 1. The predicted molar refractivity (Wildman–Crippen MR) is 117 cm³/mol. The minimum absolute atomic E-state index is 0.00164. The van der Waals surface area contributed by atoms with E-state index in [1.807, 2.05) is 25.2 Å². The van der Waals surface area contributed by atoms with Gasteiger partial charge < -0.3 is 14.9 Å². The molecule has 2 aliphatic rings. The van der Waals surface area contributed by atoms with Crippen LogP contribution in [-0.4, -0.2) is 87.4 Å². The number of hydrogen-bond donors (Lipinski definition) is 1. The molecule has 2 aromatic rings. The summed E-state index contributed by atoms with van der Waals surface area (Å²) in [6, 6.07) is 6.98. The van der Waals surface area contributed by atoms with E-state index in [4.69, 9.17) is 21.5 Å². The Morgan fingerprint density at radius 2 is 1.76 bits per heavy atom. The molecule has 1 atom stereocenters. The lowest BCUT2D eigenvalue weighted by molar-refractivity contribution is -0.192. The fourth-order valence-corrected chi connectivity index (χ4v) is 4.11. The molecule has 1 spiro atoms. The molecule has 13 heteroatoms. The Morgan fingerprint density at radius 3 is 2.29 bits per heavy atom. The highest BCUT2D eigenvalue weighted by Crippen LogP contribution is 2.34. The zero-order valence-electron chi connectivity index (χ0n) is 18.4. The van der Waals surface area contributed by atoms with Crippen LogP contribution in [0.1, 0.15) is 16.8 Å². The largest absolute Gasteiger partial charge is 0.490 e. The molecule has 2 aliphatic heterocycles. The van der Waals surface area contributed by atoms with Crippen LogP contribution in [0.25, 0.3) is 0 Å². The molecule has 1 N–H and O–H groups in total. The fraction of sp³-hybridized carbons (Fsp3) is 0.429. The number of nitrogens with zero attached hydrogens (tertiary/aromatic N) is 5. The molecular weight excluding hydrogens is 479 g/mol. The molecule has 4 rings (SSSR count). The van der Waals surface area contributed by atoms with Crippen molar-refractivity contribution in [2.45, 2.75) is 18.1 Å². The first-order valence-corrected chi connectivity index (χ1v) is 10.6. The maximum absolute atomic E-state index is 12.9. The van der Waals surface area contributed by atoms with E-state index in [-0.39, 0.29) is 17.4 Å². The molecule has 1 unspecified atom stereocenters. The standard InChI is InChI=1S/C19H22ClN5O2.C2HF3O2/c1-22-11-17(26)25(16-9-21-23(2)10-16)13-19(22)7-8-24(12-19)18(27)14-3-5-15(20)6-4-14;3-2(4,5)1(6)7/h3-6,9-10H,7-8,11-13H2,1-2H3;(H,6,7). The molecule has 1 aromatic carbocycles. The second-order valence-electron chi connectivity index (χ2n) is 8.22. The van der Waals surface area contributed by atoms with Gasteiger partial charge in [-0.15, -0.1) is 0 Å². The van der Waals surface area contributed by atoms with Gasteiger partial charge in [0.1, 0.15) is 0 Å². The molecule has 184 valence electrons. The molecule has 34 heavy (non-hydrogen) atoms. The van der Waals surface area contributed by atoms with E-state index in [1.165, 1.54) is 0 Å². The second-order valence-corrected chi connectivity index (χ2v) is 8.66. The summed E-state index contributed by atoms with van der Waals surface area (Å²) in [4.78, 5) is 40.1.